The van der Waals surface area contributed by atoms with Gasteiger partial charge in [-0.2, -0.15) is 0 Å². The lowest BCUT2D eigenvalue weighted by atomic mass is 9.82. The van der Waals surface area contributed by atoms with E-state index in [9.17, 15) is 4.79 Å². The summed E-state index contributed by atoms with van der Waals surface area (Å²) in [7, 11) is 0. The predicted molar refractivity (Wildman–Crippen MR) is 58.7 cm³/mol. The van der Waals surface area contributed by atoms with E-state index in [1.54, 1.807) is 0 Å². The molecule has 1 saturated carbocycles. The topological polar surface area (TPSA) is 84.6 Å². The average molecular weight is 228 g/mol. The van der Waals surface area contributed by atoms with E-state index in [-0.39, 0.29) is 12.0 Å². The summed E-state index contributed by atoms with van der Waals surface area (Å²) in [5, 5.41) is 12.0. The van der Waals surface area contributed by atoms with E-state index in [2.05, 4.69) is 5.32 Å². The zero-order valence-electron chi connectivity index (χ0n) is 9.45. The zero-order chi connectivity index (χ0) is 11.6. The monoisotopic (exact) mass is 228 g/mol. The molecule has 92 valence electrons. The van der Waals surface area contributed by atoms with Gasteiger partial charge >= 0.3 is 0 Å². The molecule has 5 nitrogen and oxygen atoms in total. The lowest BCUT2D eigenvalue weighted by Crippen LogP contribution is -2.57. The first-order valence-corrected chi connectivity index (χ1v) is 5.93. The highest BCUT2D eigenvalue weighted by atomic mass is 16.5. The first-order chi connectivity index (χ1) is 7.60. The fourth-order valence-electron chi connectivity index (χ4n) is 2.24. The number of carbonyl (C=O) groups excluding carboxylic acids is 1. The van der Waals surface area contributed by atoms with E-state index in [0.29, 0.717) is 38.5 Å². The van der Waals surface area contributed by atoms with Gasteiger partial charge in [0.2, 0.25) is 5.91 Å². The van der Waals surface area contributed by atoms with Crippen molar-refractivity contribution in [3.63, 3.8) is 0 Å². The smallest absolute Gasteiger partial charge is 0.240 e. The van der Waals surface area contributed by atoms with Gasteiger partial charge in [-0.3, -0.25) is 4.79 Å². The third-order valence-electron chi connectivity index (χ3n) is 3.60. The van der Waals surface area contributed by atoms with Crippen molar-refractivity contribution >= 4 is 5.91 Å². The highest BCUT2D eigenvalue weighted by Crippen LogP contribution is 2.26. The Bertz CT molecular complexity index is 258. The highest BCUT2D eigenvalue weighted by Gasteiger charge is 2.36. The SMILES string of the molecule is NC1(C(=O)NCC2CC(O)C2)CCOCC1. The third kappa shape index (κ3) is 2.53. The quantitative estimate of drug-likeness (QED) is 0.601. The summed E-state index contributed by atoms with van der Waals surface area (Å²) in [6, 6.07) is 0. The number of rotatable bonds is 3. The Labute approximate surface area is 95.3 Å². The van der Waals surface area contributed by atoms with Gasteiger partial charge in [0.15, 0.2) is 0 Å². The molecule has 0 bridgehead atoms. The van der Waals surface area contributed by atoms with Crippen molar-refractivity contribution in [3.05, 3.63) is 0 Å². The van der Waals surface area contributed by atoms with Crippen molar-refractivity contribution in [2.45, 2.75) is 37.3 Å². The number of aliphatic hydroxyl groups excluding tert-OH is 1. The van der Waals surface area contributed by atoms with Gasteiger partial charge in [-0.15, -0.1) is 0 Å². The van der Waals surface area contributed by atoms with Gasteiger partial charge < -0.3 is 20.9 Å². The van der Waals surface area contributed by atoms with E-state index in [4.69, 9.17) is 15.6 Å². The normalized spacial score (nSPS) is 32.9. The van der Waals surface area contributed by atoms with E-state index in [0.717, 1.165) is 12.8 Å². The van der Waals surface area contributed by atoms with E-state index < -0.39 is 5.54 Å². The fraction of sp³-hybridized carbons (Fsp3) is 0.909. The number of aliphatic hydroxyl groups is 1. The van der Waals surface area contributed by atoms with E-state index in [1.807, 2.05) is 0 Å². The molecule has 2 fully saturated rings. The molecule has 1 saturated heterocycles. The molecule has 2 rings (SSSR count). The minimum atomic E-state index is -0.749. The van der Waals surface area contributed by atoms with Crippen molar-refractivity contribution < 1.29 is 14.6 Å². The van der Waals surface area contributed by atoms with Crippen molar-refractivity contribution in [3.8, 4) is 0 Å². The summed E-state index contributed by atoms with van der Waals surface area (Å²) in [5.74, 6) is 0.347. The maximum atomic E-state index is 11.9. The van der Waals surface area contributed by atoms with Crippen LogP contribution in [-0.2, 0) is 9.53 Å². The second-order valence-electron chi connectivity index (χ2n) is 4.97. The molecule has 1 aliphatic heterocycles. The van der Waals surface area contributed by atoms with Crippen LogP contribution in [0, 0.1) is 5.92 Å². The van der Waals surface area contributed by atoms with Crippen molar-refractivity contribution in [2.24, 2.45) is 11.7 Å². The Morgan fingerprint density at radius 3 is 2.62 bits per heavy atom. The summed E-state index contributed by atoms with van der Waals surface area (Å²) >= 11 is 0. The number of carbonyl (C=O) groups is 1. The molecule has 0 spiro atoms. The van der Waals surface area contributed by atoms with E-state index >= 15 is 0 Å². The fourth-order valence-corrected chi connectivity index (χ4v) is 2.24. The van der Waals surface area contributed by atoms with Crippen molar-refractivity contribution in [2.75, 3.05) is 19.8 Å². The molecule has 0 aromatic rings. The van der Waals surface area contributed by atoms with Crippen LogP contribution in [0.25, 0.3) is 0 Å². The zero-order valence-corrected chi connectivity index (χ0v) is 9.45. The first kappa shape index (κ1) is 11.8. The summed E-state index contributed by atoms with van der Waals surface area (Å²) in [6.07, 6.45) is 2.59. The van der Waals surface area contributed by atoms with Gasteiger partial charge in [-0.1, -0.05) is 0 Å². The predicted octanol–water partition coefficient (Wildman–Crippen LogP) is -0.619. The summed E-state index contributed by atoms with van der Waals surface area (Å²) in [5.41, 5.74) is 5.28. The van der Waals surface area contributed by atoms with Gasteiger partial charge in [-0.25, -0.2) is 0 Å². The Hall–Kier alpha value is -0.650. The van der Waals surface area contributed by atoms with Crippen molar-refractivity contribution in [1.29, 1.82) is 0 Å². The largest absolute Gasteiger partial charge is 0.393 e. The first-order valence-electron chi connectivity index (χ1n) is 5.93. The van der Waals surface area contributed by atoms with E-state index in [1.165, 1.54) is 0 Å². The molecule has 0 aromatic carbocycles. The third-order valence-corrected chi connectivity index (χ3v) is 3.60. The van der Waals surface area contributed by atoms with Crippen LogP contribution in [0.5, 0.6) is 0 Å². The minimum Gasteiger partial charge on any atom is -0.393 e. The maximum Gasteiger partial charge on any atom is 0.240 e. The molecule has 0 unspecified atom stereocenters. The van der Waals surface area contributed by atoms with Gasteiger partial charge in [-0.05, 0) is 31.6 Å². The summed E-state index contributed by atoms with van der Waals surface area (Å²) < 4.78 is 5.19. The Morgan fingerprint density at radius 2 is 2.06 bits per heavy atom. The number of nitrogens with one attached hydrogen (secondary N) is 1. The van der Waals surface area contributed by atoms with Gasteiger partial charge in [0.05, 0.1) is 11.6 Å². The molecule has 0 radical (unpaired) electrons. The molecule has 4 N–H and O–H groups in total. The maximum absolute atomic E-state index is 11.9. The van der Waals surface area contributed by atoms with Crippen LogP contribution in [0.2, 0.25) is 0 Å². The molecule has 0 aromatic heterocycles. The number of ether oxygens (including phenoxy) is 1. The van der Waals surface area contributed by atoms with Crippen LogP contribution in [0.4, 0.5) is 0 Å². The van der Waals surface area contributed by atoms with Crippen LogP contribution in [0.3, 0.4) is 0 Å². The molecular formula is C11H20N2O3. The van der Waals surface area contributed by atoms with Gasteiger partial charge in [0.1, 0.15) is 0 Å². The second-order valence-corrected chi connectivity index (χ2v) is 4.97. The van der Waals surface area contributed by atoms with Crippen LogP contribution in [-0.4, -0.2) is 42.4 Å². The number of hydrogen-bond donors (Lipinski definition) is 3. The molecule has 1 heterocycles. The highest BCUT2D eigenvalue weighted by molar-refractivity contribution is 5.86. The number of amides is 1. The lowest BCUT2D eigenvalue weighted by Gasteiger charge is -2.35. The molecule has 1 aliphatic carbocycles. The Morgan fingerprint density at radius 1 is 1.44 bits per heavy atom. The lowest BCUT2D eigenvalue weighted by molar-refractivity contribution is -0.130. The van der Waals surface area contributed by atoms with Crippen molar-refractivity contribution in [1.82, 2.24) is 5.32 Å². The minimum absolute atomic E-state index is 0.0720. The van der Waals surface area contributed by atoms with Crippen LogP contribution >= 0.6 is 0 Å². The molecule has 1 amide bonds. The number of nitrogens with two attached hydrogens (primary N) is 1. The molecule has 16 heavy (non-hydrogen) atoms. The molecule has 0 atom stereocenters. The van der Waals surface area contributed by atoms with Crippen LogP contribution in [0.15, 0.2) is 0 Å². The molecule has 5 heteroatoms. The standard InChI is InChI=1S/C11H20N2O3/c12-11(1-3-16-4-2-11)10(15)13-7-8-5-9(14)6-8/h8-9,14H,1-7,12H2,(H,13,15). The average Bonchev–Trinajstić information content (AvgIpc) is 2.23. The molecular weight excluding hydrogens is 208 g/mol. The van der Waals surface area contributed by atoms with Crippen LogP contribution < -0.4 is 11.1 Å². The van der Waals surface area contributed by atoms with Gasteiger partial charge in [0.25, 0.3) is 0 Å². The molecule has 2 aliphatic rings. The summed E-state index contributed by atoms with van der Waals surface area (Å²) in [4.78, 5) is 11.9. The number of hydrogen-bond acceptors (Lipinski definition) is 4. The summed E-state index contributed by atoms with van der Waals surface area (Å²) in [6.45, 7) is 1.76. The Balaban J connectivity index is 1.74. The van der Waals surface area contributed by atoms with Gasteiger partial charge in [0, 0.05) is 19.8 Å². The van der Waals surface area contributed by atoms with Crippen LogP contribution in [0.1, 0.15) is 25.7 Å². The second kappa shape index (κ2) is 4.69. The Kier molecular flexibility index (Phi) is 3.47.